The minimum Gasteiger partial charge on any atom is -0.375 e. The van der Waals surface area contributed by atoms with Crippen LogP contribution in [0, 0.1) is 11.3 Å². The van der Waals surface area contributed by atoms with Gasteiger partial charge in [0.05, 0.1) is 12.2 Å². The highest BCUT2D eigenvalue weighted by Gasteiger charge is 2.45. The van der Waals surface area contributed by atoms with Crippen LogP contribution < -0.4 is 0 Å². The van der Waals surface area contributed by atoms with Gasteiger partial charge in [-0.1, -0.05) is 6.92 Å². The van der Waals surface area contributed by atoms with Crippen LogP contribution in [0.2, 0.25) is 0 Å². The normalized spacial score (nSPS) is 29.3. The molecule has 0 N–H and O–H groups in total. The number of rotatable bonds is 4. The van der Waals surface area contributed by atoms with Crippen LogP contribution in [-0.2, 0) is 4.74 Å². The number of ether oxygens (including phenoxy) is 1. The molecule has 2 rings (SSSR count). The van der Waals surface area contributed by atoms with E-state index in [4.69, 9.17) is 4.74 Å². The lowest BCUT2D eigenvalue weighted by molar-refractivity contribution is -0.0358. The lowest BCUT2D eigenvalue weighted by Crippen LogP contribution is -2.40. The van der Waals surface area contributed by atoms with Crippen LogP contribution in [0.4, 0.5) is 0 Å². The standard InChI is InChI=1S/C15H29NO/c1-13-6-5-9-16(10-13)11-15(7-8-15)12-17-14(2,3)4/h13H,5-12H2,1-4H3. The van der Waals surface area contributed by atoms with Gasteiger partial charge in [-0.05, 0) is 58.9 Å². The molecule has 0 aromatic rings. The van der Waals surface area contributed by atoms with Crippen molar-refractivity contribution < 1.29 is 4.74 Å². The van der Waals surface area contributed by atoms with Gasteiger partial charge < -0.3 is 9.64 Å². The molecule has 0 amide bonds. The molecule has 1 aliphatic carbocycles. The molecule has 2 aliphatic rings. The first-order valence-corrected chi connectivity index (χ1v) is 7.25. The Bertz CT molecular complexity index is 252. The second kappa shape index (κ2) is 4.89. The van der Waals surface area contributed by atoms with E-state index in [0.717, 1.165) is 12.5 Å². The Morgan fingerprint density at radius 2 is 2.00 bits per heavy atom. The molecule has 17 heavy (non-hydrogen) atoms. The zero-order valence-electron chi connectivity index (χ0n) is 12.1. The van der Waals surface area contributed by atoms with Gasteiger partial charge in [-0.15, -0.1) is 0 Å². The summed E-state index contributed by atoms with van der Waals surface area (Å²) in [5.74, 6) is 0.892. The number of hydrogen-bond donors (Lipinski definition) is 0. The molecule has 1 aliphatic heterocycles. The van der Waals surface area contributed by atoms with Crippen molar-refractivity contribution in [3.05, 3.63) is 0 Å². The summed E-state index contributed by atoms with van der Waals surface area (Å²) in [6.45, 7) is 13.7. The molecule has 0 bridgehead atoms. The number of nitrogens with zero attached hydrogens (tertiary/aromatic N) is 1. The van der Waals surface area contributed by atoms with E-state index in [1.807, 2.05) is 0 Å². The Hall–Kier alpha value is -0.0800. The van der Waals surface area contributed by atoms with Gasteiger partial charge in [0.2, 0.25) is 0 Å². The monoisotopic (exact) mass is 239 g/mol. The van der Waals surface area contributed by atoms with Crippen LogP contribution in [0.5, 0.6) is 0 Å². The van der Waals surface area contributed by atoms with Gasteiger partial charge in [-0.2, -0.15) is 0 Å². The van der Waals surface area contributed by atoms with Crippen molar-refractivity contribution in [1.82, 2.24) is 4.90 Å². The van der Waals surface area contributed by atoms with Crippen LogP contribution in [0.1, 0.15) is 53.4 Å². The van der Waals surface area contributed by atoms with Gasteiger partial charge >= 0.3 is 0 Å². The summed E-state index contributed by atoms with van der Waals surface area (Å²) in [5.41, 5.74) is 0.523. The summed E-state index contributed by atoms with van der Waals surface area (Å²) in [6.07, 6.45) is 5.54. The molecule has 100 valence electrons. The molecule has 2 nitrogen and oxygen atoms in total. The minimum absolute atomic E-state index is 0.0186. The average Bonchev–Trinajstić information content (AvgIpc) is 2.95. The number of hydrogen-bond acceptors (Lipinski definition) is 2. The first-order valence-electron chi connectivity index (χ1n) is 7.25. The Kier molecular flexibility index (Phi) is 3.84. The maximum absolute atomic E-state index is 6.00. The Morgan fingerprint density at radius 1 is 1.29 bits per heavy atom. The van der Waals surface area contributed by atoms with E-state index in [9.17, 15) is 0 Å². The van der Waals surface area contributed by atoms with E-state index in [1.165, 1.54) is 45.3 Å². The molecular weight excluding hydrogens is 210 g/mol. The predicted octanol–water partition coefficient (Wildman–Crippen LogP) is 3.31. The third-order valence-corrected chi connectivity index (χ3v) is 4.07. The molecule has 1 heterocycles. The Morgan fingerprint density at radius 3 is 2.53 bits per heavy atom. The first-order chi connectivity index (χ1) is 7.89. The average molecular weight is 239 g/mol. The van der Waals surface area contributed by atoms with Gasteiger partial charge in [-0.3, -0.25) is 0 Å². The molecule has 1 unspecified atom stereocenters. The quantitative estimate of drug-likeness (QED) is 0.746. The van der Waals surface area contributed by atoms with Crippen molar-refractivity contribution in [2.45, 2.75) is 59.0 Å². The number of likely N-dealkylation sites (tertiary alicyclic amines) is 1. The maximum Gasteiger partial charge on any atom is 0.0598 e. The first kappa shape index (κ1) is 13.4. The fraction of sp³-hybridized carbons (Fsp3) is 1.00. The second-order valence-corrected chi connectivity index (χ2v) is 7.38. The molecule has 1 saturated carbocycles. The van der Waals surface area contributed by atoms with E-state index in [2.05, 4.69) is 32.6 Å². The Balaban J connectivity index is 1.77. The topological polar surface area (TPSA) is 12.5 Å². The predicted molar refractivity (Wildman–Crippen MR) is 72.2 cm³/mol. The molecule has 2 fully saturated rings. The van der Waals surface area contributed by atoms with E-state index in [0.29, 0.717) is 5.41 Å². The highest BCUT2D eigenvalue weighted by Crippen LogP contribution is 2.47. The van der Waals surface area contributed by atoms with Crippen molar-refractivity contribution in [1.29, 1.82) is 0 Å². The molecule has 1 atom stereocenters. The molecule has 0 aromatic heterocycles. The largest absolute Gasteiger partial charge is 0.375 e. The highest BCUT2D eigenvalue weighted by atomic mass is 16.5. The molecule has 0 spiro atoms. The van der Waals surface area contributed by atoms with Gasteiger partial charge in [0.25, 0.3) is 0 Å². The third kappa shape index (κ3) is 4.26. The fourth-order valence-electron chi connectivity index (χ4n) is 2.80. The zero-order chi connectivity index (χ0) is 12.5. The molecule has 2 heteroatoms. The van der Waals surface area contributed by atoms with Crippen molar-refractivity contribution in [2.24, 2.45) is 11.3 Å². The summed E-state index contributed by atoms with van der Waals surface area (Å²) in [6, 6.07) is 0. The number of piperidine rings is 1. The second-order valence-electron chi connectivity index (χ2n) is 7.38. The summed E-state index contributed by atoms with van der Waals surface area (Å²) < 4.78 is 6.00. The fourth-order valence-corrected chi connectivity index (χ4v) is 2.80. The molecule has 1 saturated heterocycles. The van der Waals surface area contributed by atoms with Gasteiger partial charge in [-0.25, -0.2) is 0 Å². The van der Waals surface area contributed by atoms with E-state index >= 15 is 0 Å². The lowest BCUT2D eigenvalue weighted by Gasteiger charge is -2.34. The van der Waals surface area contributed by atoms with Crippen molar-refractivity contribution >= 4 is 0 Å². The van der Waals surface area contributed by atoms with Crippen molar-refractivity contribution in [2.75, 3.05) is 26.2 Å². The zero-order valence-corrected chi connectivity index (χ0v) is 12.1. The molecular formula is C15H29NO. The van der Waals surface area contributed by atoms with Crippen molar-refractivity contribution in [3.8, 4) is 0 Å². The maximum atomic E-state index is 6.00. The summed E-state index contributed by atoms with van der Waals surface area (Å²) in [4.78, 5) is 2.67. The highest BCUT2D eigenvalue weighted by molar-refractivity contribution is 4.96. The van der Waals surface area contributed by atoms with Gasteiger partial charge in [0, 0.05) is 18.5 Å². The van der Waals surface area contributed by atoms with E-state index in [1.54, 1.807) is 0 Å². The summed E-state index contributed by atoms with van der Waals surface area (Å²) >= 11 is 0. The van der Waals surface area contributed by atoms with Crippen LogP contribution in [0.15, 0.2) is 0 Å². The Labute approximate surface area is 107 Å². The molecule has 0 aromatic carbocycles. The minimum atomic E-state index is 0.0186. The van der Waals surface area contributed by atoms with Crippen LogP contribution in [-0.4, -0.2) is 36.7 Å². The summed E-state index contributed by atoms with van der Waals surface area (Å²) in [7, 11) is 0. The van der Waals surface area contributed by atoms with Gasteiger partial charge in [0.15, 0.2) is 0 Å². The SMILES string of the molecule is CC1CCCN(CC2(COC(C)(C)C)CC2)C1. The smallest absolute Gasteiger partial charge is 0.0598 e. The lowest BCUT2D eigenvalue weighted by atomic mass is 9.98. The van der Waals surface area contributed by atoms with Crippen molar-refractivity contribution in [3.63, 3.8) is 0 Å². The van der Waals surface area contributed by atoms with E-state index < -0.39 is 0 Å². The third-order valence-electron chi connectivity index (χ3n) is 4.07. The molecule has 0 radical (unpaired) electrons. The van der Waals surface area contributed by atoms with Crippen LogP contribution in [0.3, 0.4) is 0 Å². The van der Waals surface area contributed by atoms with Crippen LogP contribution >= 0.6 is 0 Å². The van der Waals surface area contributed by atoms with E-state index in [-0.39, 0.29) is 5.60 Å². The van der Waals surface area contributed by atoms with Crippen LogP contribution in [0.25, 0.3) is 0 Å². The summed E-state index contributed by atoms with van der Waals surface area (Å²) in [5, 5.41) is 0. The van der Waals surface area contributed by atoms with Gasteiger partial charge in [0.1, 0.15) is 0 Å².